The van der Waals surface area contributed by atoms with Crippen molar-refractivity contribution in [2.75, 3.05) is 29.0 Å². The van der Waals surface area contributed by atoms with E-state index in [-0.39, 0.29) is 24.3 Å². The van der Waals surface area contributed by atoms with Gasteiger partial charge in [0.25, 0.3) is 0 Å². The molecule has 0 saturated carbocycles. The Bertz CT molecular complexity index is 1520. The minimum atomic E-state index is -0.527. The van der Waals surface area contributed by atoms with Crippen molar-refractivity contribution in [3.63, 3.8) is 0 Å². The summed E-state index contributed by atoms with van der Waals surface area (Å²) in [5, 5.41) is 11.0. The van der Waals surface area contributed by atoms with Crippen LogP contribution in [0.1, 0.15) is 24.0 Å². The van der Waals surface area contributed by atoms with Crippen molar-refractivity contribution >= 4 is 57.2 Å². The second kappa shape index (κ2) is 11.0. The Labute approximate surface area is 225 Å². The van der Waals surface area contributed by atoms with Gasteiger partial charge in [-0.05, 0) is 47.5 Å². The van der Waals surface area contributed by atoms with E-state index in [2.05, 4.69) is 20.9 Å². The number of carbonyl (C=O) groups is 3. The van der Waals surface area contributed by atoms with Crippen LogP contribution < -0.4 is 16.0 Å². The van der Waals surface area contributed by atoms with E-state index in [4.69, 9.17) is 11.6 Å². The largest absolute Gasteiger partial charge is 0.326 e. The van der Waals surface area contributed by atoms with Gasteiger partial charge in [0.1, 0.15) is 0 Å². The van der Waals surface area contributed by atoms with E-state index in [0.29, 0.717) is 35.2 Å². The van der Waals surface area contributed by atoms with Gasteiger partial charge in [0.2, 0.25) is 17.7 Å². The Morgan fingerprint density at radius 3 is 2.45 bits per heavy atom. The first-order chi connectivity index (χ1) is 18.4. The third-order valence-electron chi connectivity index (χ3n) is 6.42. The number of pyridine rings is 1. The fraction of sp³-hybridized carbons (Fsp3) is 0.172. The quantitative estimate of drug-likeness (QED) is 0.326. The molecule has 3 amide bonds. The molecule has 9 heteroatoms. The Hall–Kier alpha value is -4.27. The predicted octanol–water partition coefficient (Wildman–Crippen LogP) is 5.02. The maximum Gasteiger partial charge on any atom is 0.238 e. The first-order valence-electron chi connectivity index (χ1n) is 12.2. The molecule has 0 unspecified atom stereocenters. The molecule has 2 heterocycles. The fourth-order valence-electron chi connectivity index (χ4n) is 4.72. The lowest BCUT2D eigenvalue weighted by Crippen LogP contribution is -2.42. The molecular weight excluding hydrogens is 502 g/mol. The highest BCUT2D eigenvalue weighted by Crippen LogP contribution is 2.32. The van der Waals surface area contributed by atoms with Crippen molar-refractivity contribution in [2.45, 2.75) is 19.4 Å². The van der Waals surface area contributed by atoms with Crippen molar-refractivity contribution in [1.29, 1.82) is 0 Å². The number of anilines is 3. The number of hydrogen-bond donors (Lipinski definition) is 3. The highest BCUT2D eigenvalue weighted by atomic mass is 35.5. The summed E-state index contributed by atoms with van der Waals surface area (Å²) in [6.07, 6.45) is 3.40. The Kier molecular flexibility index (Phi) is 7.35. The summed E-state index contributed by atoms with van der Waals surface area (Å²) in [6.45, 7) is 2.41. The fourth-order valence-corrected chi connectivity index (χ4v) is 4.90. The average Bonchev–Trinajstić information content (AvgIpc) is 2.89. The standard InChI is InChI=1S/C29H26ClN5O3/c1-18(36)32-22-8-10-23(11-9-22)33-28(37)17-35-15-20-6-7-21(30)12-25(20)26(16-35)29(38)34-27-14-31-13-19-4-2-3-5-24(19)27/h2-14,26H,15-17H2,1H3,(H,32,36)(H,33,37)(H,34,38)/t26-/m1/s1. The van der Waals surface area contributed by atoms with Crippen LogP contribution in [0.2, 0.25) is 5.02 Å². The molecule has 8 nitrogen and oxygen atoms in total. The number of nitrogens with one attached hydrogen (secondary N) is 3. The van der Waals surface area contributed by atoms with Crippen molar-refractivity contribution in [2.24, 2.45) is 0 Å². The van der Waals surface area contributed by atoms with Crippen LogP contribution >= 0.6 is 11.6 Å². The number of hydrogen-bond acceptors (Lipinski definition) is 5. The molecule has 1 atom stereocenters. The van der Waals surface area contributed by atoms with E-state index in [9.17, 15) is 14.4 Å². The number of halogens is 1. The summed E-state index contributed by atoms with van der Waals surface area (Å²) in [5.74, 6) is -1.08. The minimum Gasteiger partial charge on any atom is -0.326 e. The van der Waals surface area contributed by atoms with E-state index in [1.54, 1.807) is 42.7 Å². The Morgan fingerprint density at radius 1 is 0.947 bits per heavy atom. The molecule has 0 spiro atoms. The van der Waals surface area contributed by atoms with E-state index in [1.807, 2.05) is 41.3 Å². The van der Waals surface area contributed by atoms with Gasteiger partial charge in [0, 0.05) is 53.4 Å². The second-order valence-electron chi connectivity index (χ2n) is 9.27. The van der Waals surface area contributed by atoms with Gasteiger partial charge >= 0.3 is 0 Å². The topological polar surface area (TPSA) is 103 Å². The molecule has 0 aliphatic carbocycles. The van der Waals surface area contributed by atoms with Gasteiger partial charge < -0.3 is 16.0 Å². The molecule has 3 aromatic carbocycles. The number of benzene rings is 3. The molecular formula is C29H26ClN5O3. The molecule has 1 aliphatic rings. The van der Waals surface area contributed by atoms with E-state index in [1.165, 1.54) is 6.92 Å². The smallest absolute Gasteiger partial charge is 0.238 e. The lowest BCUT2D eigenvalue weighted by Gasteiger charge is -2.33. The SMILES string of the molecule is CC(=O)Nc1ccc(NC(=O)CN2Cc3ccc(Cl)cc3[C@H](C(=O)Nc3cncc4ccccc34)C2)cc1. The number of amides is 3. The molecule has 1 aliphatic heterocycles. The summed E-state index contributed by atoms with van der Waals surface area (Å²) in [7, 11) is 0. The molecule has 192 valence electrons. The van der Waals surface area contributed by atoms with Crippen LogP contribution in [0.5, 0.6) is 0 Å². The summed E-state index contributed by atoms with van der Waals surface area (Å²) < 4.78 is 0. The van der Waals surface area contributed by atoms with Crippen LogP contribution in [-0.4, -0.2) is 40.7 Å². The van der Waals surface area contributed by atoms with Crippen molar-refractivity contribution in [1.82, 2.24) is 9.88 Å². The van der Waals surface area contributed by atoms with Crippen LogP contribution in [0.25, 0.3) is 10.8 Å². The number of rotatable bonds is 6. The lowest BCUT2D eigenvalue weighted by atomic mass is 9.89. The molecule has 3 N–H and O–H groups in total. The van der Waals surface area contributed by atoms with Crippen molar-refractivity contribution < 1.29 is 14.4 Å². The molecule has 5 rings (SSSR count). The highest BCUT2D eigenvalue weighted by molar-refractivity contribution is 6.30. The molecule has 4 aromatic rings. The van der Waals surface area contributed by atoms with Gasteiger partial charge in [-0.1, -0.05) is 41.9 Å². The van der Waals surface area contributed by atoms with Crippen LogP contribution in [-0.2, 0) is 20.9 Å². The van der Waals surface area contributed by atoms with Gasteiger partial charge in [0.15, 0.2) is 0 Å². The van der Waals surface area contributed by atoms with Gasteiger partial charge in [0.05, 0.1) is 24.3 Å². The zero-order chi connectivity index (χ0) is 26.6. The second-order valence-corrected chi connectivity index (χ2v) is 9.71. The van der Waals surface area contributed by atoms with Gasteiger partial charge in [-0.25, -0.2) is 0 Å². The average molecular weight is 528 g/mol. The third-order valence-corrected chi connectivity index (χ3v) is 6.65. The summed E-state index contributed by atoms with van der Waals surface area (Å²) in [5.41, 5.74) is 3.70. The van der Waals surface area contributed by atoms with E-state index < -0.39 is 5.92 Å². The Balaban J connectivity index is 1.32. The predicted molar refractivity (Wildman–Crippen MR) is 149 cm³/mol. The molecule has 0 saturated heterocycles. The number of nitrogens with zero attached hydrogens (tertiary/aromatic N) is 2. The normalized spacial score (nSPS) is 14.9. The zero-order valence-corrected chi connectivity index (χ0v) is 21.5. The maximum atomic E-state index is 13.6. The van der Waals surface area contributed by atoms with Gasteiger partial charge in [-0.2, -0.15) is 0 Å². The maximum absolute atomic E-state index is 13.6. The van der Waals surface area contributed by atoms with Crippen molar-refractivity contribution in [3.8, 4) is 0 Å². The first-order valence-corrected chi connectivity index (χ1v) is 12.6. The highest BCUT2D eigenvalue weighted by Gasteiger charge is 2.32. The summed E-state index contributed by atoms with van der Waals surface area (Å²) in [6, 6.07) is 20.2. The molecule has 38 heavy (non-hydrogen) atoms. The van der Waals surface area contributed by atoms with E-state index in [0.717, 1.165) is 21.9 Å². The zero-order valence-electron chi connectivity index (χ0n) is 20.7. The van der Waals surface area contributed by atoms with E-state index >= 15 is 0 Å². The number of carbonyl (C=O) groups excluding carboxylic acids is 3. The minimum absolute atomic E-state index is 0.106. The molecule has 0 radical (unpaired) electrons. The Morgan fingerprint density at radius 2 is 1.68 bits per heavy atom. The van der Waals surface area contributed by atoms with Crippen LogP contribution in [0.3, 0.4) is 0 Å². The van der Waals surface area contributed by atoms with Crippen LogP contribution in [0, 0.1) is 0 Å². The monoisotopic (exact) mass is 527 g/mol. The number of fused-ring (bicyclic) bond motifs is 2. The first kappa shape index (κ1) is 25.4. The summed E-state index contributed by atoms with van der Waals surface area (Å²) >= 11 is 6.29. The van der Waals surface area contributed by atoms with Gasteiger partial charge in [-0.15, -0.1) is 0 Å². The summed E-state index contributed by atoms with van der Waals surface area (Å²) in [4.78, 5) is 43.9. The molecule has 1 aromatic heterocycles. The molecule has 0 bridgehead atoms. The molecule has 0 fully saturated rings. The number of aromatic nitrogens is 1. The third kappa shape index (κ3) is 5.82. The van der Waals surface area contributed by atoms with Crippen molar-refractivity contribution in [3.05, 3.63) is 95.3 Å². The lowest BCUT2D eigenvalue weighted by molar-refractivity contribution is -0.121. The van der Waals surface area contributed by atoms with Gasteiger partial charge in [-0.3, -0.25) is 24.3 Å². The van der Waals surface area contributed by atoms with Crippen LogP contribution in [0.15, 0.2) is 79.1 Å². The van der Waals surface area contributed by atoms with Crippen LogP contribution in [0.4, 0.5) is 17.1 Å².